The lowest BCUT2D eigenvalue weighted by Crippen LogP contribution is -2.16. The van der Waals surface area contributed by atoms with Gasteiger partial charge in [0.2, 0.25) is 0 Å². The first-order valence-corrected chi connectivity index (χ1v) is 7.21. The molecule has 1 amide bonds. The number of carbonyl (C=O) groups is 1. The highest BCUT2D eigenvalue weighted by Crippen LogP contribution is 2.16. The SMILES string of the molecule is Cc1cc(/C=N\NC(=O)c2ccco2)c(C)n1Cc1ccco1. The van der Waals surface area contributed by atoms with Gasteiger partial charge < -0.3 is 13.4 Å². The third-order valence-corrected chi connectivity index (χ3v) is 3.62. The summed E-state index contributed by atoms with van der Waals surface area (Å²) in [6, 6.07) is 9.06. The minimum Gasteiger partial charge on any atom is -0.467 e. The zero-order valence-electron chi connectivity index (χ0n) is 12.9. The van der Waals surface area contributed by atoms with Gasteiger partial charge in [0.25, 0.3) is 0 Å². The van der Waals surface area contributed by atoms with Gasteiger partial charge >= 0.3 is 5.91 Å². The standard InChI is InChI=1S/C17H17N3O3/c1-12-9-14(10-18-19-17(21)16-6-4-8-23-16)13(2)20(12)11-15-5-3-7-22-15/h3-10H,11H2,1-2H3,(H,19,21)/b18-10-. The molecule has 0 atom stereocenters. The molecule has 0 bridgehead atoms. The summed E-state index contributed by atoms with van der Waals surface area (Å²) >= 11 is 0. The Hall–Kier alpha value is -3.02. The van der Waals surface area contributed by atoms with Gasteiger partial charge in [-0.05, 0) is 44.2 Å². The minimum atomic E-state index is -0.379. The normalized spacial score (nSPS) is 11.2. The number of furan rings is 2. The summed E-state index contributed by atoms with van der Waals surface area (Å²) in [7, 11) is 0. The molecule has 6 nitrogen and oxygen atoms in total. The van der Waals surface area contributed by atoms with Crippen molar-refractivity contribution in [2.24, 2.45) is 5.10 Å². The van der Waals surface area contributed by atoms with Crippen molar-refractivity contribution in [3.8, 4) is 0 Å². The number of rotatable bonds is 5. The number of hydrogen-bond donors (Lipinski definition) is 1. The molecule has 3 aromatic heterocycles. The van der Waals surface area contributed by atoms with Crippen LogP contribution in [0.3, 0.4) is 0 Å². The largest absolute Gasteiger partial charge is 0.467 e. The molecule has 0 spiro atoms. The lowest BCUT2D eigenvalue weighted by Gasteiger charge is -2.07. The van der Waals surface area contributed by atoms with E-state index in [0.717, 1.165) is 22.7 Å². The first-order valence-electron chi connectivity index (χ1n) is 7.21. The molecule has 118 valence electrons. The average Bonchev–Trinajstić information content (AvgIpc) is 3.26. The molecule has 0 aliphatic heterocycles. The Labute approximate surface area is 133 Å². The van der Waals surface area contributed by atoms with Crippen molar-refractivity contribution < 1.29 is 13.6 Å². The molecule has 3 aromatic rings. The number of carbonyl (C=O) groups excluding carboxylic acids is 1. The van der Waals surface area contributed by atoms with Crippen LogP contribution in [-0.4, -0.2) is 16.7 Å². The van der Waals surface area contributed by atoms with E-state index >= 15 is 0 Å². The van der Waals surface area contributed by atoms with Crippen LogP contribution in [0.15, 0.2) is 56.8 Å². The van der Waals surface area contributed by atoms with Gasteiger partial charge in [-0.15, -0.1) is 0 Å². The Balaban J connectivity index is 1.71. The Morgan fingerprint density at radius 1 is 1.26 bits per heavy atom. The van der Waals surface area contributed by atoms with Crippen LogP contribution in [0.1, 0.15) is 33.3 Å². The van der Waals surface area contributed by atoms with Crippen LogP contribution in [0.5, 0.6) is 0 Å². The number of amides is 1. The first kappa shape index (κ1) is 14.9. The summed E-state index contributed by atoms with van der Waals surface area (Å²) in [6.07, 6.45) is 4.73. The summed E-state index contributed by atoms with van der Waals surface area (Å²) in [5, 5.41) is 3.99. The molecule has 0 saturated carbocycles. The number of hydrogen-bond acceptors (Lipinski definition) is 4. The summed E-state index contributed by atoms with van der Waals surface area (Å²) in [5.41, 5.74) is 5.53. The van der Waals surface area contributed by atoms with E-state index in [1.807, 2.05) is 32.0 Å². The molecule has 0 radical (unpaired) electrons. The first-order chi connectivity index (χ1) is 11.1. The predicted molar refractivity (Wildman–Crippen MR) is 85.5 cm³/mol. The van der Waals surface area contributed by atoms with Gasteiger partial charge in [0.05, 0.1) is 25.3 Å². The molecule has 0 unspecified atom stereocenters. The molecule has 3 heterocycles. The highest BCUT2D eigenvalue weighted by molar-refractivity contribution is 5.92. The highest BCUT2D eigenvalue weighted by Gasteiger charge is 2.10. The van der Waals surface area contributed by atoms with Crippen LogP contribution in [0, 0.1) is 13.8 Å². The van der Waals surface area contributed by atoms with E-state index < -0.39 is 0 Å². The van der Waals surface area contributed by atoms with E-state index in [4.69, 9.17) is 8.83 Å². The lowest BCUT2D eigenvalue weighted by atomic mass is 10.3. The van der Waals surface area contributed by atoms with Crippen LogP contribution in [0.2, 0.25) is 0 Å². The maximum absolute atomic E-state index is 11.7. The smallest absolute Gasteiger partial charge is 0.307 e. The van der Waals surface area contributed by atoms with E-state index in [9.17, 15) is 4.79 Å². The van der Waals surface area contributed by atoms with Gasteiger partial charge in [0.1, 0.15) is 5.76 Å². The molecule has 23 heavy (non-hydrogen) atoms. The Morgan fingerprint density at radius 3 is 2.74 bits per heavy atom. The monoisotopic (exact) mass is 311 g/mol. The number of nitrogens with zero attached hydrogens (tertiary/aromatic N) is 2. The molecule has 0 aromatic carbocycles. The van der Waals surface area contributed by atoms with Crippen molar-refractivity contribution in [3.63, 3.8) is 0 Å². The molecule has 6 heteroatoms. The minimum absolute atomic E-state index is 0.227. The summed E-state index contributed by atoms with van der Waals surface area (Å²) in [5.74, 6) is 0.738. The van der Waals surface area contributed by atoms with E-state index in [1.165, 1.54) is 6.26 Å². The van der Waals surface area contributed by atoms with Crippen molar-refractivity contribution in [2.75, 3.05) is 0 Å². The molecule has 0 aliphatic carbocycles. The zero-order chi connectivity index (χ0) is 16.2. The molecule has 0 aliphatic rings. The van der Waals surface area contributed by atoms with E-state index in [0.29, 0.717) is 6.54 Å². The van der Waals surface area contributed by atoms with Gasteiger partial charge in [-0.3, -0.25) is 4.79 Å². The van der Waals surface area contributed by atoms with E-state index in [2.05, 4.69) is 15.1 Å². The molecule has 1 N–H and O–H groups in total. The molecule has 0 fully saturated rings. The van der Waals surface area contributed by atoms with E-state index in [1.54, 1.807) is 24.6 Å². The zero-order valence-corrected chi connectivity index (χ0v) is 12.9. The van der Waals surface area contributed by atoms with Crippen LogP contribution < -0.4 is 5.43 Å². The van der Waals surface area contributed by atoms with Gasteiger partial charge in [-0.25, -0.2) is 5.43 Å². The van der Waals surface area contributed by atoms with Crippen LogP contribution >= 0.6 is 0 Å². The summed E-state index contributed by atoms with van der Waals surface area (Å²) in [6.45, 7) is 4.69. The van der Waals surface area contributed by atoms with E-state index in [-0.39, 0.29) is 11.7 Å². The summed E-state index contributed by atoms with van der Waals surface area (Å²) < 4.78 is 12.5. The molecule has 3 rings (SSSR count). The second kappa shape index (κ2) is 6.39. The fourth-order valence-electron chi connectivity index (χ4n) is 2.38. The van der Waals surface area contributed by atoms with Gasteiger partial charge in [-0.1, -0.05) is 0 Å². The Kier molecular flexibility index (Phi) is 4.14. The third-order valence-electron chi connectivity index (χ3n) is 3.62. The third kappa shape index (κ3) is 3.26. The second-order valence-corrected chi connectivity index (χ2v) is 5.17. The Bertz CT molecular complexity index is 812. The Morgan fingerprint density at radius 2 is 2.04 bits per heavy atom. The fraction of sp³-hybridized carbons (Fsp3) is 0.176. The van der Waals surface area contributed by atoms with Crippen molar-refractivity contribution in [1.29, 1.82) is 0 Å². The number of aryl methyl sites for hydroxylation is 1. The van der Waals surface area contributed by atoms with Crippen LogP contribution in [0.25, 0.3) is 0 Å². The van der Waals surface area contributed by atoms with Crippen molar-refractivity contribution in [3.05, 3.63) is 71.3 Å². The van der Waals surface area contributed by atoms with Gasteiger partial charge in [0, 0.05) is 17.0 Å². The second-order valence-electron chi connectivity index (χ2n) is 5.17. The number of nitrogens with one attached hydrogen (secondary N) is 1. The summed E-state index contributed by atoms with van der Waals surface area (Å²) in [4.78, 5) is 11.7. The molecule has 0 saturated heterocycles. The van der Waals surface area contributed by atoms with Crippen molar-refractivity contribution >= 4 is 12.1 Å². The van der Waals surface area contributed by atoms with Crippen molar-refractivity contribution in [2.45, 2.75) is 20.4 Å². The number of hydrazone groups is 1. The van der Waals surface area contributed by atoms with Crippen LogP contribution in [0.4, 0.5) is 0 Å². The predicted octanol–water partition coefficient (Wildman–Crippen LogP) is 3.10. The van der Waals surface area contributed by atoms with Crippen LogP contribution in [-0.2, 0) is 6.54 Å². The fourth-order valence-corrected chi connectivity index (χ4v) is 2.38. The number of aromatic nitrogens is 1. The van der Waals surface area contributed by atoms with Gasteiger partial charge in [0.15, 0.2) is 5.76 Å². The van der Waals surface area contributed by atoms with Gasteiger partial charge in [-0.2, -0.15) is 5.10 Å². The maximum Gasteiger partial charge on any atom is 0.307 e. The topological polar surface area (TPSA) is 72.7 Å². The average molecular weight is 311 g/mol. The lowest BCUT2D eigenvalue weighted by molar-refractivity contribution is 0.0927. The maximum atomic E-state index is 11.7. The molecular formula is C17H17N3O3. The quantitative estimate of drug-likeness (QED) is 0.581. The highest BCUT2D eigenvalue weighted by atomic mass is 16.3. The van der Waals surface area contributed by atoms with Crippen molar-refractivity contribution in [1.82, 2.24) is 9.99 Å². The molecular weight excluding hydrogens is 294 g/mol.